The Morgan fingerprint density at radius 3 is 2.56 bits per heavy atom. The normalized spacial score (nSPS) is 14.3. The van der Waals surface area contributed by atoms with E-state index in [2.05, 4.69) is 27.0 Å². The van der Waals surface area contributed by atoms with Crippen molar-refractivity contribution in [2.45, 2.75) is 0 Å². The van der Waals surface area contributed by atoms with E-state index >= 15 is 0 Å². The molecule has 0 amide bonds. The number of hydrogen-bond acceptors (Lipinski definition) is 6. The molecule has 1 aliphatic rings. The van der Waals surface area contributed by atoms with Crippen LogP contribution in [-0.2, 0) is 4.74 Å². The van der Waals surface area contributed by atoms with Crippen molar-refractivity contribution < 1.29 is 18.9 Å². The van der Waals surface area contributed by atoms with Crippen molar-refractivity contribution in [1.82, 2.24) is 14.9 Å². The molecule has 3 heterocycles. The number of pyridine rings is 1. The first kappa shape index (κ1) is 22.3. The van der Waals surface area contributed by atoms with Crippen LogP contribution >= 0.6 is 0 Å². The summed E-state index contributed by atoms with van der Waals surface area (Å²) >= 11 is 0. The van der Waals surface area contributed by atoms with Gasteiger partial charge >= 0.3 is 0 Å². The summed E-state index contributed by atoms with van der Waals surface area (Å²) in [7, 11) is 3.36. The molecule has 4 aromatic rings. The molecule has 0 saturated carbocycles. The molecule has 0 spiro atoms. The largest absolute Gasteiger partial charge is 0.496 e. The average molecular weight is 460 g/mol. The van der Waals surface area contributed by atoms with Gasteiger partial charge in [-0.3, -0.25) is 4.90 Å². The summed E-state index contributed by atoms with van der Waals surface area (Å²) in [6.45, 7) is 4.95. The first-order valence-electron chi connectivity index (χ1n) is 11.5. The van der Waals surface area contributed by atoms with Crippen LogP contribution in [0.1, 0.15) is 0 Å². The lowest BCUT2D eigenvalue weighted by atomic mass is 10.0. The highest BCUT2D eigenvalue weighted by Crippen LogP contribution is 2.37. The fraction of sp³-hybridized carbons (Fsp3) is 0.296. The summed E-state index contributed by atoms with van der Waals surface area (Å²) < 4.78 is 22.7. The van der Waals surface area contributed by atoms with E-state index in [0.717, 1.165) is 77.6 Å². The van der Waals surface area contributed by atoms with E-state index in [1.807, 2.05) is 48.8 Å². The fourth-order valence-corrected chi connectivity index (χ4v) is 4.33. The van der Waals surface area contributed by atoms with Gasteiger partial charge in [-0.05, 0) is 29.8 Å². The van der Waals surface area contributed by atoms with Crippen LogP contribution < -0.4 is 14.2 Å². The fourth-order valence-electron chi connectivity index (χ4n) is 4.33. The third-order valence-corrected chi connectivity index (χ3v) is 6.19. The number of fused-ring (bicyclic) bond motifs is 1. The third kappa shape index (κ3) is 4.58. The van der Waals surface area contributed by atoms with Crippen molar-refractivity contribution in [3.05, 3.63) is 60.9 Å². The quantitative estimate of drug-likeness (QED) is 0.415. The van der Waals surface area contributed by atoms with Crippen LogP contribution in [0, 0.1) is 0 Å². The van der Waals surface area contributed by atoms with Gasteiger partial charge in [0, 0.05) is 54.1 Å². The second-order valence-electron chi connectivity index (χ2n) is 8.19. The Labute approximate surface area is 199 Å². The average Bonchev–Trinajstić information content (AvgIpc) is 3.32. The smallest absolute Gasteiger partial charge is 0.161 e. The Morgan fingerprint density at radius 1 is 0.912 bits per heavy atom. The standard InChI is InChI=1S/C27H29N3O4/c1-31-24-6-4-3-5-21(24)23-18-29-27-22(23)15-20(17-28-27)19-7-8-25(26(16-19)32-2)34-14-11-30-9-12-33-13-10-30/h3-8,15-18H,9-14H2,1-2H3,(H,28,29). The molecule has 1 N–H and O–H groups in total. The Hall–Kier alpha value is -3.55. The molecule has 1 fully saturated rings. The summed E-state index contributed by atoms with van der Waals surface area (Å²) in [5.41, 5.74) is 4.92. The molecule has 7 nitrogen and oxygen atoms in total. The molecule has 176 valence electrons. The molecule has 1 saturated heterocycles. The van der Waals surface area contributed by atoms with Crippen LogP contribution in [0.5, 0.6) is 17.2 Å². The molecule has 0 atom stereocenters. The Balaban J connectivity index is 1.39. The Morgan fingerprint density at radius 2 is 1.74 bits per heavy atom. The van der Waals surface area contributed by atoms with Crippen LogP contribution in [-0.4, -0.2) is 68.5 Å². The van der Waals surface area contributed by atoms with E-state index in [9.17, 15) is 0 Å². The topological polar surface area (TPSA) is 68.8 Å². The van der Waals surface area contributed by atoms with Gasteiger partial charge in [0.1, 0.15) is 18.0 Å². The van der Waals surface area contributed by atoms with E-state index in [0.29, 0.717) is 12.4 Å². The molecule has 0 bridgehead atoms. The zero-order valence-corrected chi connectivity index (χ0v) is 19.5. The van der Waals surface area contributed by atoms with E-state index in [4.69, 9.17) is 18.9 Å². The molecular formula is C27H29N3O4. The van der Waals surface area contributed by atoms with Gasteiger partial charge in [-0.2, -0.15) is 0 Å². The van der Waals surface area contributed by atoms with E-state index in [1.165, 1.54) is 0 Å². The highest BCUT2D eigenvalue weighted by Gasteiger charge is 2.15. The minimum absolute atomic E-state index is 0.606. The predicted octanol–water partition coefficient (Wildman–Crippen LogP) is 4.63. The van der Waals surface area contributed by atoms with Crippen molar-refractivity contribution in [2.75, 3.05) is 53.7 Å². The summed E-state index contributed by atoms with van der Waals surface area (Å²) in [6, 6.07) is 16.2. The number of benzene rings is 2. The molecular weight excluding hydrogens is 430 g/mol. The maximum Gasteiger partial charge on any atom is 0.161 e. The summed E-state index contributed by atoms with van der Waals surface area (Å²) in [6.07, 6.45) is 3.85. The zero-order valence-electron chi connectivity index (χ0n) is 19.5. The monoisotopic (exact) mass is 459 g/mol. The van der Waals surface area contributed by atoms with Gasteiger partial charge in [-0.1, -0.05) is 24.3 Å². The number of H-pyrrole nitrogens is 1. The first-order chi connectivity index (χ1) is 16.8. The Kier molecular flexibility index (Phi) is 6.65. The number of rotatable bonds is 8. The molecule has 0 unspecified atom stereocenters. The van der Waals surface area contributed by atoms with Gasteiger partial charge in [0.25, 0.3) is 0 Å². The van der Waals surface area contributed by atoms with E-state index in [1.54, 1.807) is 14.2 Å². The lowest BCUT2D eigenvalue weighted by Crippen LogP contribution is -2.38. The van der Waals surface area contributed by atoms with Gasteiger partial charge in [-0.15, -0.1) is 0 Å². The first-order valence-corrected chi connectivity index (χ1v) is 11.5. The van der Waals surface area contributed by atoms with Crippen LogP contribution in [0.3, 0.4) is 0 Å². The second kappa shape index (κ2) is 10.2. The number of nitrogens with zero attached hydrogens (tertiary/aromatic N) is 2. The molecule has 7 heteroatoms. The molecule has 2 aromatic heterocycles. The number of aromatic amines is 1. The number of nitrogens with one attached hydrogen (secondary N) is 1. The summed E-state index contributed by atoms with van der Waals surface area (Å²) in [5.74, 6) is 2.28. The number of para-hydroxylation sites is 1. The minimum atomic E-state index is 0.606. The second-order valence-corrected chi connectivity index (χ2v) is 8.19. The minimum Gasteiger partial charge on any atom is -0.496 e. The van der Waals surface area contributed by atoms with Crippen molar-refractivity contribution in [3.63, 3.8) is 0 Å². The number of methoxy groups -OCH3 is 2. The molecule has 2 aromatic carbocycles. The van der Waals surface area contributed by atoms with Gasteiger partial charge in [0.2, 0.25) is 0 Å². The molecule has 5 rings (SSSR count). The van der Waals surface area contributed by atoms with Crippen molar-refractivity contribution in [3.8, 4) is 39.5 Å². The molecule has 0 radical (unpaired) electrons. The lowest BCUT2D eigenvalue weighted by Gasteiger charge is -2.26. The molecule has 0 aliphatic carbocycles. The SMILES string of the molecule is COc1cc(-c2cnc3[nH]cc(-c4ccccc4OC)c3c2)ccc1OCCN1CCOCC1. The molecule has 1 aliphatic heterocycles. The number of aromatic nitrogens is 2. The number of morpholine rings is 1. The van der Waals surface area contributed by atoms with E-state index in [-0.39, 0.29) is 0 Å². The summed E-state index contributed by atoms with van der Waals surface area (Å²) in [5, 5.41) is 1.03. The van der Waals surface area contributed by atoms with Crippen molar-refractivity contribution in [1.29, 1.82) is 0 Å². The van der Waals surface area contributed by atoms with Gasteiger partial charge in [0.15, 0.2) is 11.5 Å². The van der Waals surface area contributed by atoms with Gasteiger partial charge in [-0.25, -0.2) is 4.98 Å². The highest BCUT2D eigenvalue weighted by molar-refractivity contribution is 5.97. The van der Waals surface area contributed by atoms with Gasteiger partial charge < -0.3 is 23.9 Å². The van der Waals surface area contributed by atoms with Crippen LogP contribution in [0.15, 0.2) is 60.9 Å². The lowest BCUT2D eigenvalue weighted by molar-refractivity contribution is 0.0321. The maximum atomic E-state index is 6.04. The van der Waals surface area contributed by atoms with E-state index < -0.39 is 0 Å². The molecule has 34 heavy (non-hydrogen) atoms. The zero-order chi connectivity index (χ0) is 23.3. The highest BCUT2D eigenvalue weighted by atomic mass is 16.5. The van der Waals surface area contributed by atoms with Gasteiger partial charge in [0.05, 0.1) is 27.4 Å². The van der Waals surface area contributed by atoms with Crippen LogP contribution in [0.4, 0.5) is 0 Å². The third-order valence-electron chi connectivity index (χ3n) is 6.19. The Bertz CT molecular complexity index is 1260. The number of ether oxygens (including phenoxy) is 4. The van der Waals surface area contributed by atoms with Crippen molar-refractivity contribution >= 4 is 11.0 Å². The van der Waals surface area contributed by atoms with Crippen molar-refractivity contribution in [2.24, 2.45) is 0 Å². The summed E-state index contributed by atoms with van der Waals surface area (Å²) in [4.78, 5) is 10.3. The maximum absolute atomic E-state index is 6.04. The van der Waals surface area contributed by atoms with Crippen LogP contribution in [0.25, 0.3) is 33.3 Å². The van der Waals surface area contributed by atoms with Crippen LogP contribution in [0.2, 0.25) is 0 Å². The number of hydrogen-bond donors (Lipinski definition) is 1. The predicted molar refractivity (Wildman–Crippen MR) is 133 cm³/mol.